The van der Waals surface area contributed by atoms with Crippen molar-refractivity contribution in [1.82, 2.24) is 0 Å². The molecule has 1 aromatic carbocycles. The number of nitrogens with two attached hydrogens (primary N) is 1. The van der Waals surface area contributed by atoms with Gasteiger partial charge in [-0.25, -0.2) is 0 Å². The van der Waals surface area contributed by atoms with Crippen LogP contribution in [0.1, 0.15) is 25.3 Å². The molecule has 3 nitrogen and oxygen atoms in total. The fourth-order valence-electron chi connectivity index (χ4n) is 1.49. The third-order valence-corrected chi connectivity index (χ3v) is 2.34. The van der Waals surface area contributed by atoms with Crippen molar-refractivity contribution < 1.29 is 4.74 Å². The molecule has 0 aliphatic carbocycles. The van der Waals surface area contributed by atoms with E-state index in [1.165, 1.54) is 5.56 Å². The first kappa shape index (κ1) is 12.8. The van der Waals surface area contributed by atoms with E-state index in [4.69, 9.17) is 10.5 Å². The van der Waals surface area contributed by atoms with Crippen LogP contribution in [-0.2, 0) is 4.74 Å². The van der Waals surface area contributed by atoms with Gasteiger partial charge in [0.1, 0.15) is 0 Å². The van der Waals surface area contributed by atoms with Gasteiger partial charge in [-0.15, -0.1) is 0 Å². The standard InChI is InChI=1S/C13H22N2O/c1-3-8-16-9-4-7-15-13-6-5-11(2)10-12(13)14/h5-6,10,15H,3-4,7-9,14H2,1-2H3. The highest BCUT2D eigenvalue weighted by Crippen LogP contribution is 2.18. The van der Waals surface area contributed by atoms with Crippen LogP contribution < -0.4 is 11.1 Å². The predicted molar refractivity (Wildman–Crippen MR) is 69.8 cm³/mol. The number of nitrogen functional groups attached to an aromatic ring is 1. The molecular formula is C13H22N2O. The topological polar surface area (TPSA) is 47.3 Å². The van der Waals surface area contributed by atoms with E-state index in [0.717, 1.165) is 44.0 Å². The molecule has 0 aliphatic rings. The zero-order valence-corrected chi connectivity index (χ0v) is 10.3. The number of hydrogen-bond acceptors (Lipinski definition) is 3. The van der Waals surface area contributed by atoms with Crippen molar-refractivity contribution in [3.8, 4) is 0 Å². The fraction of sp³-hybridized carbons (Fsp3) is 0.538. The molecule has 0 bridgehead atoms. The van der Waals surface area contributed by atoms with E-state index in [1.807, 2.05) is 19.1 Å². The van der Waals surface area contributed by atoms with Crippen LogP contribution in [0.4, 0.5) is 11.4 Å². The molecule has 1 rings (SSSR count). The van der Waals surface area contributed by atoms with Crippen LogP contribution in [0.5, 0.6) is 0 Å². The number of hydrogen-bond donors (Lipinski definition) is 2. The van der Waals surface area contributed by atoms with Gasteiger partial charge >= 0.3 is 0 Å². The van der Waals surface area contributed by atoms with Gasteiger partial charge in [0.2, 0.25) is 0 Å². The summed E-state index contributed by atoms with van der Waals surface area (Å²) in [5, 5.41) is 3.31. The van der Waals surface area contributed by atoms with Gasteiger partial charge in [-0.2, -0.15) is 0 Å². The van der Waals surface area contributed by atoms with Gasteiger partial charge < -0.3 is 15.8 Å². The van der Waals surface area contributed by atoms with E-state index in [9.17, 15) is 0 Å². The van der Waals surface area contributed by atoms with Crippen LogP contribution in [0, 0.1) is 6.92 Å². The zero-order valence-electron chi connectivity index (χ0n) is 10.3. The normalized spacial score (nSPS) is 10.4. The second-order valence-electron chi connectivity index (χ2n) is 3.98. The van der Waals surface area contributed by atoms with Crippen LogP contribution in [0.15, 0.2) is 18.2 Å². The van der Waals surface area contributed by atoms with Gasteiger partial charge in [0.15, 0.2) is 0 Å². The van der Waals surface area contributed by atoms with Crippen molar-refractivity contribution in [3.63, 3.8) is 0 Å². The van der Waals surface area contributed by atoms with E-state index >= 15 is 0 Å². The van der Waals surface area contributed by atoms with E-state index in [2.05, 4.69) is 18.3 Å². The second kappa shape index (κ2) is 7.12. The molecule has 0 saturated carbocycles. The van der Waals surface area contributed by atoms with Crippen LogP contribution in [0.3, 0.4) is 0 Å². The SMILES string of the molecule is CCCOCCCNc1ccc(C)cc1N. The minimum atomic E-state index is 0.812. The van der Waals surface area contributed by atoms with Crippen molar-refractivity contribution in [2.24, 2.45) is 0 Å². The zero-order chi connectivity index (χ0) is 11.8. The molecule has 0 unspecified atom stereocenters. The lowest BCUT2D eigenvalue weighted by atomic mass is 10.2. The van der Waals surface area contributed by atoms with Crippen molar-refractivity contribution in [2.75, 3.05) is 30.8 Å². The van der Waals surface area contributed by atoms with Gasteiger partial charge in [-0.1, -0.05) is 13.0 Å². The average Bonchev–Trinajstić information content (AvgIpc) is 2.26. The summed E-state index contributed by atoms with van der Waals surface area (Å²) in [6, 6.07) is 6.07. The molecular weight excluding hydrogens is 200 g/mol. The third-order valence-electron chi connectivity index (χ3n) is 2.34. The molecule has 16 heavy (non-hydrogen) atoms. The highest BCUT2D eigenvalue weighted by molar-refractivity contribution is 5.66. The van der Waals surface area contributed by atoms with Gasteiger partial charge in [0.05, 0.1) is 11.4 Å². The first-order valence-electron chi connectivity index (χ1n) is 5.91. The Kier molecular flexibility index (Phi) is 5.72. The van der Waals surface area contributed by atoms with Gasteiger partial charge in [-0.05, 0) is 37.5 Å². The van der Waals surface area contributed by atoms with Crippen LogP contribution in [0.25, 0.3) is 0 Å². The Morgan fingerprint density at radius 2 is 2.12 bits per heavy atom. The Morgan fingerprint density at radius 3 is 2.81 bits per heavy atom. The minimum absolute atomic E-state index is 0.812. The summed E-state index contributed by atoms with van der Waals surface area (Å²) in [5.41, 5.74) is 8.91. The maximum atomic E-state index is 5.89. The number of benzene rings is 1. The first-order valence-corrected chi connectivity index (χ1v) is 5.91. The number of nitrogens with one attached hydrogen (secondary N) is 1. The van der Waals surface area contributed by atoms with E-state index in [0.29, 0.717) is 0 Å². The maximum absolute atomic E-state index is 5.89. The number of aryl methyl sites for hydroxylation is 1. The molecule has 0 aliphatic heterocycles. The maximum Gasteiger partial charge on any atom is 0.0574 e. The summed E-state index contributed by atoms with van der Waals surface area (Å²) < 4.78 is 5.40. The molecule has 3 N–H and O–H groups in total. The molecule has 90 valence electrons. The van der Waals surface area contributed by atoms with Gasteiger partial charge in [0, 0.05) is 19.8 Å². The summed E-state index contributed by atoms with van der Waals surface area (Å²) in [6.45, 7) is 6.72. The molecule has 0 spiro atoms. The molecule has 0 amide bonds. The predicted octanol–water partition coefficient (Wildman–Crippen LogP) is 2.81. The highest BCUT2D eigenvalue weighted by Gasteiger charge is 1.97. The Labute approximate surface area is 98.0 Å². The third kappa shape index (κ3) is 4.53. The van der Waals surface area contributed by atoms with E-state index < -0.39 is 0 Å². The summed E-state index contributed by atoms with van der Waals surface area (Å²) >= 11 is 0. The lowest BCUT2D eigenvalue weighted by Gasteiger charge is -2.09. The van der Waals surface area contributed by atoms with Crippen molar-refractivity contribution in [3.05, 3.63) is 23.8 Å². The van der Waals surface area contributed by atoms with E-state index in [1.54, 1.807) is 0 Å². The van der Waals surface area contributed by atoms with Crippen LogP contribution >= 0.6 is 0 Å². The Balaban J connectivity index is 2.21. The Morgan fingerprint density at radius 1 is 1.31 bits per heavy atom. The monoisotopic (exact) mass is 222 g/mol. The smallest absolute Gasteiger partial charge is 0.0574 e. The average molecular weight is 222 g/mol. The number of anilines is 2. The summed E-state index contributed by atoms with van der Waals surface area (Å²) in [7, 11) is 0. The highest BCUT2D eigenvalue weighted by atomic mass is 16.5. The lowest BCUT2D eigenvalue weighted by Crippen LogP contribution is -2.07. The van der Waals surface area contributed by atoms with Crippen LogP contribution in [-0.4, -0.2) is 19.8 Å². The van der Waals surface area contributed by atoms with Crippen molar-refractivity contribution >= 4 is 11.4 Å². The molecule has 0 heterocycles. The number of rotatable bonds is 7. The largest absolute Gasteiger partial charge is 0.397 e. The number of ether oxygens (including phenoxy) is 1. The van der Waals surface area contributed by atoms with Crippen molar-refractivity contribution in [2.45, 2.75) is 26.7 Å². The first-order chi connectivity index (χ1) is 7.74. The van der Waals surface area contributed by atoms with Gasteiger partial charge in [-0.3, -0.25) is 0 Å². The van der Waals surface area contributed by atoms with Crippen LogP contribution in [0.2, 0.25) is 0 Å². The lowest BCUT2D eigenvalue weighted by molar-refractivity contribution is 0.134. The summed E-state index contributed by atoms with van der Waals surface area (Å²) in [4.78, 5) is 0. The molecule has 0 atom stereocenters. The molecule has 0 fully saturated rings. The second-order valence-corrected chi connectivity index (χ2v) is 3.98. The summed E-state index contributed by atoms with van der Waals surface area (Å²) in [6.07, 6.45) is 2.09. The molecule has 0 radical (unpaired) electrons. The van der Waals surface area contributed by atoms with E-state index in [-0.39, 0.29) is 0 Å². The molecule has 0 aromatic heterocycles. The quantitative estimate of drug-likeness (QED) is 0.551. The summed E-state index contributed by atoms with van der Waals surface area (Å²) in [5.74, 6) is 0. The van der Waals surface area contributed by atoms with Gasteiger partial charge in [0.25, 0.3) is 0 Å². The Hall–Kier alpha value is -1.22. The van der Waals surface area contributed by atoms with Crippen molar-refractivity contribution in [1.29, 1.82) is 0 Å². The fourth-order valence-corrected chi connectivity index (χ4v) is 1.49. The Bertz CT molecular complexity index is 313. The molecule has 3 heteroatoms. The minimum Gasteiger partial charge on any atom is -0.397 e. The molecule has 0 saturated heterocycles. The molecule has 1 aromatic rings.